The maximum atomic E-state index is 10.7. The predicted molar refractivity (Wildman–Crippen MR) is 61.5 cm³/mol. The summed E-state index contributed by atoms with van der Waals surface area (Å²) in [5, 5.41) is 8.77. The number of rotatable bonds is 4. The van der Waals surface area contributed by atoms with E-state index in [-0.39, 0.29) is 0 Å². The number of carboxylic acids is 1. The molecule has 1 aromatic rings. The molecule has 0 atom stereocenters. The van der Waals surface area contributed by atoms with Crippen LogP contribution in [0.1, 0.15) is 18.9 Å². The third-order valence-electron chi connectivity index (χ3n) is 2.04. The second kappa shape index (κ2) is 5.81. The monoisotopic (exact) mass is 202 g/mol. The van der Waals surface area contributed by atoms with Crippen LogP contribution in [0.15, 0.2) is 48.1 Å². The average Bonchev–Trinajstić information content (AvgIpc) is 2.25. The standard InChI is InChI=1S/C13H14O2/c1-2-12(13(14)15)10-6-9-11-7-4-3-5-8-11/h3-10H,2H2,1H3,(H,14,15). The lowest BCUT2D eigenvalue weighted by molar-refractivity contribution is -0.132. The van der Waals surface area contributed by atoms with Gasteiger partial charge in [-0.2, -0.15) is 0 Å². The van der Waals surface area contributed by atoms with Crippen LogP contribution in [0.2, 0.25) is 0 Å². The van der Waals surface area contributed by atoms with Gasteiger partial charge in [-0.05, 0) is 12.0 Å². The summed E-state index contributed by atoms with van der Waals surface area (Å²) in [5.41, 5.74) is 1.48. The van der Waals surface area contributed by atoms with Crippen LogP contribution < -0.4 is 0 Å². The number of carboxylic acid groups (broad SMARTS) is 1. The maximum Gasteiger partial charge on any atom is 0.331 e. The molecule has 2 nitrogen and oxygen atoms in total. The van der Waals surface area contributed by atoms with Gasteiger partial charge in [-0.15, -0.1) is 0 Å². The van der Waals surface area contributed by atoms with Gasteiger partial charge in [-0.1, -0.05) is 55.5 Å². The molecule has 0 aliphatic heterocycles. The largest absolute Gasteiger partial charge is 0.478 e. The zero-order valence-electron chi connectivity index (χ0n) is 8.68. The van der Waals surface area contributed by atoms with Gasteiger partial charge >= 0.3 is 5.97 Å². The van der Waals surface area contributed by atoms with E-state index < -0.39 is 5.97 Å². The summed E-state index contributed by atoms with van der Waals surface area (Å²) in [6.45, 7) is 1.83. The summed E-state index contributed by atoms with van der Waals surface area (Å²) >= 11 is 0. The highest BCUT2D eigenvalue weighted by atomic mass is 16.4. The van der Waals surface area contributed by atoms with Crippen LogP contribution in [0.4, 0.5) is 0 Å². The van der Waals surface area contributed by atoms with Crippen LogP contribution in [0.25, 0.3) is 6.08 Å². The minimum atomic E-state index is -0.852. The van der Waals surface area contributed by atoms with Crippen LogP contribution in [0.3, 0.4) is 0 Å². The van der Waals surface area contributed by atoms with Gasteiger partial charge in [0, 0.05) is 5.57 Å². The molecule has 0 aliphatic carbocycles. The molecule has 1 aromatic carbocycles. The van der Waals surface area contributed by atoms with Crippen molar-refractivity contribution in [2.75, 3.05) is 0 Å². The Morgan fingerprint density at radius 3 is 2.53 bits per heavy atom. The molecule has 0 saturated carbocycles. The van der Waals surface area contributed by atoms with E-state index in [1.165, 1.54) is 0 Å². The van der Waals surface area contributed by atoms with Crippen molar-refractivity contribution in [1.29, 1.82) is 0 Å². The van der Waals surface area contributed by atoms with Gasteiger partial charge in [0.05, 0.1) is 0 Å². The number of aliphatic carboxylic acids is 1. The van der Waals surface area contributed by atoms with E-state index in [1.807, 2.05) is 43.3 Å². The van der Waals surface area contributed by atoms with Crippen LogP contribution >= 0.6 is 0 Å². The van der Waals surface area contributed by atoms with E-state index in [9.17, 15) is 4.79 Å². The Kier molecular flexibility index (Phi) is 4.35. The van der Waals surface area contributed by atoms with E-state index in [1.54, 1.807) is 12.2 Å². The Bertz CT molecular complexity index is 375. The van der Waals surface area contributed by atoms with Crippen LogP contribution in [-0.4, -0.2) is 11.1 Å². The molecule has 1 rings (SSSR count). The summed E-state index contributed by atoms with van der Waals surface area (Å²) in [7, 11) is 0. The summed E-state index contributed by atoms with van der Waals surface area (Å²) in [6.07, 6.45) is 5.82. The van der Waals surface area contributed by atoms with Gasteiger partial charge in [-0.25, -0.2) is 4.79 Å². The lowest BCUT2D eigenvalue weighted by Crippen LogP contribution is -1.97. The van der Waals surface area contributed by atoms with Crippen LogP contribution in [-0.2, 0) is 4.79 Å². The van der Waals surface area contributed by atoms with E-state index in [0.717, 1.165) is 5.56 Å². The lowest BCUT2D eigenvalue weighted by atomic mass is 10.1. The Labute approximate surface area is 89.6 Å². The molecule has 78 valence electrons. The highest BCUT2D eigenvalue weighted by Crippen LogP contribution is 2.04. The van der Waals surface area contributed by atoms with E-state index in [4.69, 9.17) is 5.11 Å². The van der Waals surface area contributed by atoms with Crippen molar-refractivity contribution < 1.29 is 9.90 Å². The van der Waals surface area contributed by atoms with Crippen molar-refractivity contribution in [3.05, 3.63) is 53.6 Å². The molecule has 0 amide bonds. The summed E-state index contributed by atoms with van der Waals surface area (Å²) in [6, 6.07) is 9.78. The molecule has 0 unspecified atom stereocenters. The van der Waals surface area contributed by atoms with Crippen molar-refractivity contribution in [3.63, 3.8) is 0 Å². The Balaban J connectivity index is 2.70. The molecular formula is C13H14O2. The molecule has 0 aliphatic rings. The molecule has 2 heteroatoms. The Hall–Kier alpha value is -1.83. The van der Waals surface area contributed by atoms with Crippen molar-refractivity contribution in [3.8, 4) is 0 Å². The number of hydrogen-bond donors (Lipinski definition) is 1. The SMILES string of the molecule is CCC(=CC=Cc1ccccc1)C(=O)O. The number of benzene rings is 1. The normalized spacial score (nSPS) is 11.9. The molecule has 0 spiro atoms. The first-order valence-electron chi connectivity index (χ1n) is 4.89. The lowest BCUT2D eigenvalue weighted by Gasteiger charge is -1.94. The third-order valence-corrected chi connectivity index (χ3v) is 2.04. The van der Waals surface area contributed by atoms with Gasteiger partial charge < -0.3 is 5.11 Å². The van der Waals surface area contributed by atoms with Gasteiger partial charge in [0.2, 0.25) is 0 Å². The van der Waals surface area contributed by atoms with Crippen molar-refractivity contribution in [2.45, 2.75) is 13.3 Å². The summed E-state index contributed by atoms with van der Waals surface area (Å²) in [4.78, 5) is 10.7. The molecule has 15 heavy (non-hydrogen) atoms. The molecule has 0 aromatic heterocycles. The smallest absolute Gasteiger partial charge is 0.331 e. The first-order chi connectivity index (χ1) is 7.24. The molecule has 0 heterocycles. The number of hydrogen-bond acceptors (Lipinski definition) is 1. The van der Waals surface area contributed by atoms with Gasteiger partial charge in [-0.3, -0.25) is 0 Å². The van der Waals surface area contributed by atoms with E-state index in [0.29, 0.717) is 12.0 Å². The highest BCUT2D eigenvalue weighted by molar-refractivity contribution is 5.87. The zero-order valence-corrected chi connectivity index (χ0v) is 8.68. The van der Waals surface area contributed by atoms with Crippen molar-refractivity contribution >= 4 is 12.0 Å². The fraction of sp³-hybridized carbons (Fsp3) is 0.154. The first-order valence-corrected chi connectivity index (χ1v) is 4.89. The minimum Gasteiger partial charge on any atom is -0.478 e. The van der Waals surface area contributed by atoms with Crippen LogP contribution in [0, 0.1) is 0 Å². The second-order valence-corrected chi connectivity index (χ2v) is 3.12. The zero-order chi connectivity index (χ0) is 11.1. The fourth-order valence-electron chi connectivity index (χ4n) is 1.18. The van der Waals surface area contributed by atoms with Crippen LogP contribution in [0.5, 0.6) is 0 Å². The highest BCUT2D eigenvalue weighted by Gasteiger charge is 2.00. The topological polar surface area (TPSA) is 37.3 Å². The molecular weight excluding hydrogens is 188 g/mol. The third kappa shape index (κ3) is 3.81. The van der Waals surface area contributed by atoms with Gasteiger partial charge in [0.15, 0.2) is 0 Å². The predicted octanol–water partition coefficient (Wildman–Crippen LogP) is 3.12. The molecule has 0 radical (unpaired) electrons. The fourth-order valence-corrected chi connectivity index (χ4v) is 1.18. The number of allylic oxidation sites excluding steroid dienone is 2. The molecule has 1 N–H and O–H groups in total. The average molecular weight is 202 g/mol. The number of carbonyl (C=O) groups is 1. The quantitative estimate of drug-likeness (QED) is 0.601. The molecule has 0 saturated heterocycles. The first kappa shape index (κ1) is 11.2. The van der Waals surface area contributed by atoms with E-state index in [2.05, 4.69) is 0 Å². The Morgan fingerprint density at radius 2 is 2.00 bits per heavy atom. The molecule has 0 bridgehead atoms. The van der Waals surface area contributed by atoms with E-state index >= 15 is 0 Å². The maximum absolute atomic E-state index is 10.7. The molecule has 0 fully saturated rings. The summed E-state index contributed by atoms with van der Waals surface area (Å²) < 4.78 is 0. The minimum absolute atomic E-state index is 0.419. The van der Waals surface area contributed by atoms with Crippen molar-refractivity contribution in [1.82, 2.24) is 0 Å². The Morgan fingerprint density at radius 1 is 1.33 bits per heavy atom. The van der Waals surface area contributed by atoms with Crippen molar-refractivity contribution in [2.24, 2.45) is 0 Å². The van der Waals surface area contributed by atoms with Gasteiger partial charge in [0.25, 0.3) is 0 Å². The second-order valence-electron chi connectivity index (χ2n) is 3.12. The van der Waals surface area contributed by atoms with Gasteiger partial charge in [0.1, 0.15) is 0 Å². The summed E-state index contributed by atoms with van der Waals surface area (Å²) in [5.74, 6) is -0.852.